The fourth-order valence-corrected chi connectivity index (χ4v) is 4.84. The summed E-state index contributed by atoms with van der Waals surface area (Å²) in [5, 5.41) is 4.53. The first-order valence-corrected chi connectivity index (χ1v) is 9.70. The monoisotopic (exact) mass is 340 g/mol. The van der Waals surface area contributed by atoms with E-state index in [9.17, 15) is 8.42 Å². The predicted molar refractivity (Wildman–Crippen MR) is 86.7 cm³/mol. The number of nitrogens with one attached hydrogen (secondary N) is 1. The van der Waals surface area contributed by atoms with E-state index in [-0.39, 0.29) is 10.9 Å². The average molecular weight is 340 g/mol. The number of sulfonamides is 1. The highest BCUT2D eigenvalue weighted by molar-refractivity contribution is 7.93. The molecule has 0 unspecified atom stereocenters. The van der Waals surface area contributed by atoms with Crippen LogP contribution in [-0.2, 0) is 22.9 Å². The summed E-state index contributed by atoms with van der Waals surface area (Å²) >= 11 is 1.45. The van der Waals surface area contributed by atoms with Crippen molar-refractivity contribution < 1.29 is 8.42 Å². The quantitative estimate of drug-likeness (QED) is 0.928. The zero-order valence-corrected chi connectivity index (χ0v) is 14.5. The van der Waals surface area contributed by atoms with Gasteiger partial charge in [0.2, 0.25) is 0 Å². The van der Waals surface area contributed by atoms with Crippen molar-refractivity contribution in [1.82, 2.24) is 14.8 Å². The second-order valence-electron chi connectivity index (χ2n) is 6.09. The van der Waals surface area contributed by atoms with Crippen molar-refractivity contribution in [2.45, 2.75) is 51.0 Å². The van der Waals surface area contributed by atoms with Crippen LogP contribution < -0.4 is 4.72 Å². The summed E-state index contributed by atoms with van der Waals surface area (Å²) in [6.07, 6.45) is 5.95. The lowest BCUT2D eigenvalue weighted by molar-refractivity contribution is 0.502. The molecule has 2 aromatic rings. The Labute approximate surface area is 134 Å². The molecular formula is C14H20N4O2S2. The molecule has 0 radical (unpaired) electrons. The van der Waals surface area contributed by atoms with Crippen molar-refractivity contribution >= 4 is 26.5 Å². The highest BCUT2D eigenvalue weighted by Gasteiger charge is 2.23. The van der Waals surface area contributed by atoms with Gasteiger partial charge in [-0.05, 0) is 39.0 Å². The molecule has 0 amide bonds. The van der Waals surface area contributed by atoms with E-state index in [1.807, 2.05) is 13.8 Å². The standard InChI is InChI=1S/C14H20N4O2S2/c1-9(2)18-8-11(7-15-18)22(19,20)17-14-16-12-5-4-10(3)6-13(12)21-14/h7-10H,4-6H2,1-3H3,(H,16,17)/t10-/m0/s1. The fraction of sp³-hybridized carbons (Fsp3) is 0.571. The molecule has 22 heavy (non-hydrogen) atoms. The summed E-state index contributed by atoms with van der Waals surface area (Å²) in [6, 6.07) is 0.123. The second-order valence-corrected chi connectivity index (χ2v) is 8.86. The van der Waals surface area contributed by atoms with Crippen LogP contribution in [0.4, 0.5) is 5.13 Å². The highest BCUT2D eigenvalue weighted by atomic mass is 32.2. The minimum atomic E-state index is -3.62. The zero-order chi connectivity index (χ0) is 15.9. The molecule has 1 aliphatic carbocycles. The first-order valence-electron chi connectivity index (χ1n) is 7.40. The fourth-order valence-electron chi connectivity index (χ4n) is 2.50. The largest absolute Gasteiger partial charge is 0.269 e. The van der Waals surface area contributed by atoms with Crippen molar-refractivity contribution in [3.05, 3.63) is 23.0 Å². The van der Waals surface area contributed by atoms with E-state index in [0.29, 0.717) is 11.0 Å². The van der Waals surface area contributed by atoms with Crippen LogP contribution in [0.3, 0.4) is 0 Å². The minimum Gasteiger partial charge on any atom is -0.269 e. The van der Waals surface area contributed by atoms with Crippen LogP contribution in [0.15, 0.2) is 17.3 Å². The van der Waals surface area contributed by atoms with Crippen molar-refractivity contribution in [2.24, 2.45) is 5.92 Å². The van der Waals surface area contributed by atoms with E-state index >= 15 is 0 Å². The van der Waals surface area contributed by atoms with E-state index in [4.69, 9.17) is 0 Å². The van der Waals surface area contributed by atoms with Crippen molar-refractivity contribution in [1.29, 1.82) is 0 Å². The third-order valence-corrected chi connectivity index (χ3v) is 6.28. The van der Waals surface area contributed by atoms with Crippen LogP contribution >= 0.6 is 11.3 Å². The van der Waals surface area contributed by atoms with Crippen molar-refractivity contribution in [3.63, 3.8) is 0 Å². The van der Waals surface area contributed by atoms with Crippen LogP contribution in [0.1, 0.15) is 43.8 Å². The normalized spacial score (nSPS) is 18.5. The molecule has 8 heteroatoms. The molecule has 0 aliphatic heterocycles. The van der Waals surface area contributed by atoms with Gasteiger partial charge in [-0.3, -0.25) is 9.40 Å². The number of thiazole rings is 1. The summed E-state index contributed by atoms with van der Waals surface area (Å²) in [5.41, 5.74) is 1.04. The third kappa shape index (κ3) is 3.03. The Morgan fingerprint density at radius 2 is 2.23 bits per heavy atom. The van der Waals surface area contributed by atoms with Gasteiger partial charge in [0.05, 0.1) is 11.9 Å². The van der Waals surface area contributed by atoms with Gasteiger partial charge >= 0.3 is 0 Å². The Balaban J connectivity index is 1.82. The number of anilines is 1. The lowest BCUT2D eigenvalue weighted by Crippen LogP contribution is -2.12. The first kappa shape index (κ1) is 15.5. The van der Waals surface area contributed by atoms with Gasteiger partial charge < -0.3 is 0 Å². The van der Waals surface area contributed by atoms with Crippen LogP contribution in [0.2, 0.25) is 0 Å². The number of aromatic nitrogens is 3. The van der Waals surface area contributed by atoms with Crippen LogP contribution in [-0.4, -0.2) is 23.2 Å². The molecule has 2 heterocycles. The molecule has 120 valence electrons. The molecule has 1 N–H and O–H groups in total. The molecule has 3 rings (SSSR count). The Hall–Kier alpha value is -1.41. The maximum Gasteiger partial charge on any atom is 0.266 e. The van der Waals surface area contributed by atoms with E-state index in [1.165, 1.54) is 22.4 Å². The highest BCUT2D eigenvalue weighted by Crippen LogP contribution is 2.33. The lowest BCUT2D eigenvalue weighted by Gasteiger charge is -2.15. The lowest BCUT2D eigenvalue weighted by atomic mass is 9.93. The van der Waals surface area contributed by atoms with Crippen LogP contribution in [0.25, 0.3) is 0 Å². The van der Waals surface area contributed by atoms with Gasteiger partial charge in [0.15, 0.2) is 5.13 Å². The average Bonchev–Trinajstić information content (AvgIpc) is 3.03. The number of rotatable bonds is 4. The molecule has 0 spiro atoms. The smallest absolute Gasteiger partial charge is 0.266 e. The predicted octanol–water partition coefficient (Wildman–Crippen LogP) is 2.85. The summed E-state index contributed by atoms with van der Waals surface area (Å²) in [6.45, 7) is 6.12. The zero-order valence-electron chi connectivity index (χ0n) is 12.9. The molecule has 0 saturated carbocycles. The topological polar surface area (TPSA) is 76.9 Å². The van der Waals surface area contributed by atoms with Gasteiger partial charge in [-0.25, -0.2) is 13.4 Å². The van der Waals surface area contributed by atoms with E-state index < -0.39 is 10.0 Å². The Morgan fingerprint density at radius 3 is 2.91 bits per heavy atom. The van der Waals surface area contributed by atoms with Crippen molar-refractivity contribution in [2.75, 3.05) is 4.72 Å². The molecule has 0 saturated heterocycles. The van der Waals surface area contributed by atoms with E-state index in [2.05, 4.69) is 21.7 Å². The molecule has 0 fully saturated rings. The van der Waals surface area contributed by atoms with Gasteiger partial charge in [-0.2, -0.15) is 5.10 Å². The van der Waals surface area contributed by atoms with Gasteiger partial charge in [-0.1, -0.05) is 6.92 Å². The third-order valence-electron chi connectivity index (χ3n) is 3.82. The van der Waals surface area contributed by atoms with Crippen LogP contribution in [0.5, 0.6) is 0 Å². The summed E-state index contributed by atoms with van der Waals surface area (Å²) in [7, 11) is -3.62. The van der Waals surface area contributed by atoms with E-state index in [0.717, 1.165) is 25.0 Å². The minimum absolute atomic E-state index is 0.123. The van der Waals surface area contributed by atoms with Gasteiger partial charge in [0.1, 0.15) is 4.90 Å². The molecular weight excluding hydrogens is 320 g/mol. The molecule has 2 aromatic heterocycles. The summed E-state index contributed by atoms with van der Waals surface area (Å²) in [4.78, 5) is 5.81. The summed E-state index contributed by atoms with van der Waals surface area (Å²) < 4.78 is 29.0. The molecule has 0 bridgehead atoms. The van der Waals surface area contributed by atoms with Crippen molar-refractivity contribution in [3.8, 4) is 0 Å². The maximum atomic E-state index is 12.4. The molecule has 6 nitrogen and oxygen atoms in total. The Bertz CT molecular complexity index is 777. The number of hydrogen-bond acceptors (Lipinski definition) is 5. The van der Waals surface area contributed by atoms with Crippen LogP contribution in [0, 0.1) is 5.92 Å². The number of hydrogen-bond donors (Lipinski definition) is 1. The number of aryl methyl sites for hydroxylation is 1. The molecule has 0 aromatic carbocycles. The Morgan fingerprint density at radius 1 is 1.45 bits per heavy atom. The first-order chi connectivity index (χ1) is 10.3. The number of fused-ring (bicyclic) bond motifs is 1. The summed E-state index contributed by atoms with van der Waals surface area (Å²) in [5.74, 6) is 0.640. The van der Waals surface area contributed by atoms with E-state index in [1.54, 1.807) is 10.9 Å². The maximum absolute atomic E-state index is 12.4. The SMILES string of the molecule is CC(C)n1cc(S(=O)(=O)Nc2nc3c(s2)C[C@@H](C)CC3)cn1. The molecule has 1 aliphatic rings. The van der Waals surface area contributed by atoms with Gasteiger partial charge in [0.25, 0.3) is 10.0 Å². The van der Waals surface area contributed by atoms with Gasteiger partial charge in [0, 0.05) is 17.1 Å². The van der Waals surface area contributed by atoms with Gasteiger partial charge in [-0.15, -0.1) is 11.3 Å². The second kappa shape index (κ2) is 5.66. The Kier molecular flexibility index (Phi) is 3.98. The number of nitrogens with zero attached hydrogens (tertiary/aromatic N) is 3. The molecule has 1 atom stereocenters.